The van der Waals surface area contributed by atoms with Gasteiger partial charge in [-0.1, -0.05) is 84.9 Å². The molecule has 2 saturated heterocycles. The number of aromatic nitrogens is 1. The first-order valence-electron chi connectivity index (χ1n) is 24.9. The third-order valence-corrected chi connectivity index (χ3v) is 15.8. The number of ether oxygens (including phenoxy) is 1. The molecule has 0 radical (unpaired) electrons. The first kappa shape index (κ1) is 54.0. The number of hydrogen-bond donors (Lipinski definition) is 3. The van der Waals surface area contributed by atoms with Crippen LogP contribution >= 0.6 is 11.3 Å². The number of carbonyl (C=O) groups excluding carboxylic acids is 4. The Labute approximate surface area is 425 Å². The highest BCUT2D eigenvalue weighted by atomic mass is 32.1. The van der Waals surface area contributed by atoms with Crippen LogP contribution in [0.2, 0.25) is 0 Å². The summed E-state index contributed by atoms with van der Waals surface area (Å²) in [5, 5.41) is 18.5. The monoisotopic (exact) mass is 1010 g/mol. The van der Waals surface area contributed by atoms with Gasteiger partial charge in [-0.2, -0.15) is 18.4 Å². The minimum absolute atomic E-state index is 0.0137. The predicted molar refractivity (Wildman–Crippen MR) is 272 cm³/mol. The van der Waals surface area contributed by atoms with Crippen LogP contribution in [0.25, 0.3) is 10.4 Å². The molecule has 3 N–H and O–H groups in total. The van der Waals surface area contributed by atoms with Crippen LogP contribution in [-0.2, 0) is 27.0 Å². The molecule has 17 heteroatoms. The topological polar surface area (TPSA) is 160 Å². The van der Waals surface area contributed by atoms with E-state index in [2.05, 4.69) is 30.7 Å². The second kappa shape index (κ2) is 21.7. The van der Waals surface area contributed by atoms with Crippen molar-refractivity contribution in [3.8, 4) is 22.3 Å². The number of alkyl halides is 3. The summed E-state index contributed by atoms with van der Waals surface area (Å²) >= 11 is 1.59. The summed E-state index contributed by atoms with van der Waals surface area (Å²) in [6.07, 6.45) is -2.23. The number of amides is 4. The van der Waals surface area contributed by atoms with Gasteiger partial charge in [-0.25, -0.2) is 4.98 Å². The van der Waals surface area contributed by atoms with Crippen molar-refractivity contribution in [2.75, 3.05) is 45.8 Å². The van der Waals surface area contributed by atoms with Crippen molar-refractivity contribution in [3.05, 3.63) is 106 Å². The SMILES string of the molecule is Cc1ncsc1-c1ccc(C(C)NC(=O)[C@@H]2CCCN2C(=O)[C@@H](NC(=O)CN2CCN(CCCc3ccc(C(=O)N[C@H]4C(C)(C)[C@H](Oc5ccc(C#N)c(C(F)(F)F)c5)C4(C)C)cc3)CC2)C(C)(C)C)cc1. The fourth-order valence-electron chi connectivity index (χ4n) is 11.0. The summed E-state index contributed by atoms with van der Waals surface area (Å²) in [6.45, 7) is 21.9. The van der Waals surface area contributed by atoms with E-state index in [4.69, 9.17) is 4.74 Å². The number of hydrogen-bond acceptors (Lipinski definition) is 10. The van der Waals surface area contributed by atoms with E-state index in [0.29, 0.717) is 38.0 Å². The molecule has 72 heavy (non-hydrogen) atoms. The van der Waals surface area contributed by atoms with Crippen LogP contribution in [0.1, 0.15) is 119 Å². The Morgan fingerprint density at radius 2 is 1.56 bits per heavy atom. The summed E-state index contributed by atoms with van der Waals surface area (Å²) in [5.74, 6) is -0.893. The smallest absolute Gasteiger partial charge is 0.417 e. The van der Waals surface area contributed by atoms with E-state index in [0.717, 1.165) is 71.9 Å². The maximum Gasteiger partial charge on any atom is 0.417 e. The Balaban J connectivity index is 0.828. The lowest BCUT2D eigenvalue weighted by molar-refractivity contribution is -0.164. The summed E-state index contributed by atoms with van der Waals surface area (Å²) in [6, 6.07) is 18.6. The highest BCUT2D eigenvalue weighted by Gasteiger charge is 2.64. The Morgan fingerprint density at radius 3 is 2.15 bits per heavy atom. The normalized spacial score (nSPS) is 20.9. The number of halogens is 3. The van der Waals surface area contributed by atoms with Crippen molar-refractivity contribution in [2.45, 2.75) is 124 Å². The maximum atomic E-state index is 14.2. The zero-order valence-corrected chi connectivity index (χ0v) is 43.7. The fourth-order valence-corrected chi connectivity index (χ4v) is 11.8. The first-order chi connectivity index (χ1) is 33.9. The fraction of sp³-hybridized carbons (Fsp3) is 0.527. The number of thiazole rings is 1. The Hall–Kier alpha value is -5.83. The van der Waals surface area contributed by atoms with Gasteiger partial charge in [-0.3, -0.25) is 24.1 Å². The molecule has 1 unspecified atom stereocenters. The number of benzene rings is 3. The van der Waals surface area contributed by atoms with Gasteiger partial charge in [0.05, 0.1) is 45.9 Å². The summed E-state index contributed by atoms with van der Waals surface area (Å²) < 4.78 is 47.0. The number of rotatable bonds is 16. The lowest BCUT2D eigenvalue weighted by Crippen LogP contribution is -2.74. The van der Waals surface area contributed by atoms with E-state index in [1.165, 1.54) is 6.07 Å². The Kier molecular flexibility index (Phi) is 16.3. The lowest BCUT2D eigenvalue weighted by Gasteiger charge is -2.63. The number of nitrogens with one attached hydrogen (secondary N) is 3. The number of piperazine rings is 1. The van der Waals surface area contributed by atoms with E-state index in [-0.39, 0.29) is 48.0 Å². The van der Waals surface area contributed by atoms with Crippen LogP contribution in [0.4, 0.5) is 13.2 Å². The van der Waals surface area contributed by atoms with Crippen molar-refractivity contribution < 1.29 is 37.1 Å². The molecule has 3 atom stereocenters. The Morgan fingerprint density at radius 1 is 0.903 bits per heavy atom. The van der Waals surface area contributed by atoms with Crippen molar-refractivity contribution >= 4 is 35.0 Å². The summed E-state index contributed by atoms with van der Waals surface area (Å²) in [5.41, 5.74) is 3.12. The van der Waals surface area contributed by atoms with Gasteiger partial charge in [0, 0.05) is 55.2 Å². The minimum atomic E-state index is -4.70. The van der Waals surface area contributed by atoms with E-state index in [1.807, 2.05) is 116 Å². The van der Waals surface area contributed by atoms with Crippen LogP contribution < -0.4 is 20.7 Å². The molecule has 1 aliphatic carbocycles. The average molecular weight is 1010 g/mol. The van der Waals surface area contributed by atoms with Gasteiger partial charge < -0.3 is 30.5 Å². The number of likely N-dealkylation sites (tertiary alicyclic amines) is 1. The van der Waals surface area contributed by atoms with Gasteiger partial charge >= 0.3 is 6.18 Å². The standard InChI is InChI=1S/C55H69F3N8O5S/c1-34(37-18-20-38(21-19-37)45-35(2)60-33-72-45)61-48(69)43-13-11-25-66(43)49(70)46(52(3,4)5)62-44(67)32-65-28-26-64(27-29-65)24-10-12-36-14-16-39(17-15-36)47(68)63-50-53(6,7)51(54(50,8)9)71-41-23-22-40(31-59)42(30-41)55(56,57)58/h14-23,30,33-34,43,46,50-51H,10-13,24-29,32H2,1-9H3,(H,61,69)(H,62,67)(H,63,68)/t34?,43-,46+,50-,51-/m0/s1. The molecular formula is C55H69F3N8O5S. The van der Waals surface area contributed by atoms with Gasteiger partial charge in [-0.15, -0.1) is 11.3 Å². The van der Waals surface area contributed by atoms with Gasteiger partial charge in [0.25, 0.3) is 5.91 Å². The van der Waals surface area contributed by atoms with E-state index in [9.17, 15) is 37.6 Å². The van der Waals surface area contributed by atoms with E-state index in [1.54, 1.807) is 22.3 Å². The number of aryl methyl sites for hydroxylation is 2. The number of nitrogens with zero attached hydrogens (tertiary/aromatic N) is 5. The molecule has 386 valence electrons. The van der Waals surface area contributed by atoms with Crippen LogP contribution in [-0.4, -0.2) is 113 Å². The van der Waals surface area contributed by atoms with Crippen LogP contribution in [0.3, 0.4) is 0 Å². The lowest BCUT2D eigenvalue weighted by atomic mass is 9.49. The van der Waals surface area contributed by atoms with E-state index < -0.39 is 51.7 Å². The molecule has 0 spiro atoms. The van der Waals surface area contributed by atoms with Gasteiger partial charge in [0.15, 0.2) is 0 Å². The average Bonchev–Trinajstić information content (AvgIpc) is 4.01. The van der Waals surface area contributed by atoms with Gasteiger partial charge in [0.1, 0.15) is 23.9 Å². The van der Waals surface area contributed by atoms with Crippen molar-refractivity contribution in [2.24, 2.45) is 16.2 Å². The molecule has 1 saturated carbocycles. The second-order valence-electron chi connectivity index (χ2n) is 22.0. The third-order valence-electron chi connectivity index (χ3n) is 14.8. The molecule has 7 rings (SSSR count). The molecule has 13 nitrogen and oxygen atoms in total. The molecule has 3 fully saturated rings. The maximum absolute atomic E-state index is 14.2. The molecule has 2 aliphatic heterocycles. The van der Waals surface area contributed by atoms with Crippen molar-refractivity contribution in [1.29, 1.82) is 5.26 Å². The molecule has 0 bridgehead atoms. The highest BCUT2D eigenvalue weighted by molar-refractivity contribution is 7.13. The molecule has 3 heterocycles. The van der Waals surface area contributed by atoms with Crippen LogP contribution in [0.15, 0.2) is 72.2 Å². The van der Waals surface area contributed by atoms with Crippen molar-refractivity contribution in [3.63, 3.8) is 0 Å². The second-order valence-corrected chi connectivity index (χ2v) is 22.8. The summed E-state index contributed by atoms with van der Waals surface area (Å²) in [4.78, 5) is 66.6. The molecule has 3 aromatic carbocycles. The summed E-state index contributed by atoms with van der Waals surface area (Å²) in [7, 11) is 0. The first-order valence-corrected chi connectivity index (χ1v) is 25.8. The number of carbonyl (C=O) groups is 4. The third kappa shape index (κ3) is 12.2. The van der Waals surface area contributed by atoms with Gasteiger partial charge in [-0.05, 0) is 98.5 Å². The molecule has 4 amide bonds. The van der Waals surface area contributed by atoms with Crippen molar-refractivity contribution in [1.82, 2.24) is 35.6 Å². The highest BCUT2D eigenvalue weighted by Crippen LogP contribution is 2.56. The van der Waals surface area contributed by atoms with Crippen LogP contribution in [0, 0.1) is 34.5 Å². The van der Waals surface area contributed by atoms with Crippen LogP contribution in [0.5, 0.6) is 5.75 Å². The van der Waals surface area contributed by atoms with E-state index >= 15 is 0 Å². The zero-order valence-electron chi connectivity index (χ0n) is 42.9. The zero-order chi connectivity index (χ0) is 52.3. The minimum Gasteiger partial charge on any atom is -0.489 e. The largest absolute Gasteiger partial charge is 0.489 e. The molecule has 3 aliphatic rings. The molecule has 1 aromatic heterocycles. The Bertz CT molecular complexity index is 2610. The molecule has 4 aromatic rings. The molecular weight excluding hydrogens is 942 g/mol. The number of nitriles is 1. The quantitative estimate of drug-likeness (QED) is 0.1000. The van der Waals surface area contributed by atoms with Gasteiger partial charge in [0.2, 0.25) is 17.7 Å². The predicted octanol–water partition coefficient (Wildman–Crippen LogP) is 8.57.